The highest BCUT2D eigenvalue weighted by molar-refractivity contribution is 9.10. The van der Waals surface area contributed by atoms with Gasteiger partial charge in [-0.15, -0.1) is 0 Å². The van der Waals surface area contributed by atoms with Crippen molar-refractivity contribution in [2.45, 2.75) is 6.42 Å². The number of rotatable bonds is 3. The van der Waals surface area contributed by atoms with Crippen LogP contribution in [-0.2, 0) is 11.2 Å². The van der Waals surface area contributed by atoms with Crippen LogP contribution in [0.1, 0.15) is 5.56 Å². The molecule has 0 unspecified atom stereocenters. The second-order valence-corrected chi connectivity index (χ2v) is 6.66. The average Bonchev–Trinajstić information content (AvgIpc) is 2.55. The summed E-state index contributed by atoms with van der Waals surface area (Å²) in [6.45, 7) is 1.76. The lowest BCUT2D eigenvalue weighted by Crippen LogP contribution is -2.49. The van der Waals surface area contributed by atoms with Crippen molar-refractivity contribution < 1.29 is 13.6 Å². The van der Waals surface area contributed by atoms with Gasteiger partial charge in [0.15, 0.2) is 0 Å². The Balaban J connectivity index is 1.61. The van der Waals surface area contributed by atoms with Gasteiger partial charge in [0.1, 0.15) is 17.3 Å². The maximum atomic E-state index is 13.8. The molecule has 1 aliphatic heterocycles. The van der Waals surface area contributed by atoms with Crippen molar-refractivity contribution in [3.63, 3.8) is 0 Å². The summed E-state index contributed by atoms with van der Waals surface area (Å²) in [5.74, 6) is -1.10. The molecule has 1 amide bonds. The number of amides is 1. The van der Waals surface area contributed by atoms with Crippen molar-refractivity contribution in [3.05, 3.63) is 64.1 Å². The summed E-state index contributed by atoms with van der Waals surface area (Å²) in [4.78, 5) is 15.8. The molecule has 3 nitrogen and oxygen atoms in total. The van der Waals surface area contributed by atoms with E-state index in [-0.39, 0.29) is 11.6 Å². The quantitative estimate of drug-likeness (QED) is 0.793. The Morgan fingerprint density at radius 3 is 2.25 bits per heavy atom. The molecule has 3 rings (SSSR count). The number of nitrogens with zero attached hydrogens (tertiary/aromatic N) is 2. The zero-order valence-electron chi connectivity index (χ0n) is 13.0. The molecule has 0 spiro atoms. The average molecular weight is 395 g/mol. The fourth-order valence-corrected chi connectivity index (χ4v) is 3.35. The third-order valence-electron chi connectivity index (χ3n) is 4.13. The van der Waals surface area contributed by atoms with Gasteiger partial charge in [-0.1, -0.05) is 34.1 Å². The Hall–Kier alpha value is -1.95. The van der Waals surface area contributed by atoms with Gasteiger partial charge in [0, 0.05) is 30.7 Å². The first-order valence-electron chi connectivity index (χ1n) is 7.76. The summed E-state index contributed by atoms with van der Waals surface area (Å²) < 4.78 is 28.6. The SMILES string of the molecule is O=C(Cc1cccc(Br)c1)N1CCN(c2c(F)cccc2F)CC1. The molecule has 2 aromatic rings. The van der Waals surface area contributed by atoms with E-state index in [0.717, 1.165) is 10.0 Å². The Kier molecular flexibility index (Phi) is 5.14. The summed E-state index contributed by atoms with van der Waals surface area (Å²) in [7, 11) is 0. The molecule has 0 N–H and O–H groups in total. The standard InChI is InChI=1S/C18H17BrF2N2O/c19-14-4-1-3-13(11-14)12-17(24)22-7-9-23(10-8-22)18-15(20)5-2-6-16(18)21/h1-6,11H,7-10,12H2. The van der Waals surface area contributed by atoms with Crippen LogP contribution >= 0.6 is 15.9 Å². The molecule has 0 bridgehead atoms. The van der Waals surface area contributed by atoms with Gasteiger partial charge in [-0.2, -0.15) is 0 Å². The van der Waals surface area contributed by atoms with Gasteiger partial charge in [-0.25, -0.2) is 8.78 Å². The van der Waals surface area contributed by atoms with Crippen LogP contribution < -0.4 is 4.90 Å². The van der Waals surface area contributed by atoms with Crippen molar-refractivity contribution in [1.29, 1.82) is 0 Å². The van der Waals surface area contributed by atoms with Crippen LogP contribution in [0.25, 0.3) is 0 Å². The second-order valence-electron chi connectivity index (χ2n) is 5.74. The van der Waals surface area contributed by atoms with Crippen LogP contribution in [0.2, 0.25) is 0 Å². The third-order valence-corrected chi connectivity index (χ3v) is 4.62. The molecule has 0 aliphatic carbocycles. The summed E-state index contributed by atoms with van der Waals surface area (Å²) in [6.07, 6.45) is 0.327. The Morgan fingerprint density at radius 2 is 1.62 bits per heavy atom. The number of benzene rings is 2. The van der Waals surface area contributed by atoms with E-state index in [1.165, 1.54) is 18.2 Å². The molecule has 0 aromatic heterocycles. The maximum absolute atomic E-state index is 13.8. The van der Waals surface area contributed by atoms with Gasteiger partial charge in [0.25, 0.3) is 0 Å². The predicted molar refractivity (Wildman–Crippen MR) is 93.0 cm³/mol. The maximum Gasteiger partial charge on any atom is 0.227 e. The molecule has 6 heteroatoms. The van der Waals surface area contributed by atoms with E-state index < -0.39 is 11.6 Å². The number of halogens is 3. The number of para-hydroxylation sites is 1. The summed E-state index contributed by atoms with van der Waals surface area (Å²) in [5.41, 5.74) is 0.938. The molecule has 1 saturated heterocycles. The van der Waals surface area contributed by atoms with E-state index >= 15 is 0 Å². The largest absolute Gasteiger partial charge is 0.363 e. The normalized spacial score (nSPS) is 14.8. The van der Waals surface area contributed by atoms with Crippen molar-refractivity contribution in [3.8, 4) is 0 Å². The number of hydrogen-bond acceptors (Lipinski definition) is 2. The zero-order chi connectivity index (χ0) is 17.1. The Morgan fingerprint density at radius 1 is 1.00 bits per heavy atom. The summed E-state index contributed by atoms with van der Waals surface area (Å²) in [5, 5.41) is 0. The molecule has 0 saturated carbocycles. The van der Waals surface area contributed by atoms with Gasteiger partial charge in [-0.05, 0) is 29.8 Å². The third kappa shape index (κ3) is 3.75. The minimum Gasteiger partial charge on any atom is -0.363 e. The Bertz CT molecular complexity index is 725. The second kappa shape index (κ2) is 7.30. The minimum atomic E-state index is -0.566. The van der Waals surface area contributed by atoms with E-state index in [2.05, 4.69) is 15.9 Å². The first-order valence-corrected chi connectivity index (χ1v) is 8.55. The zero-order valence-corrected chi connectivity index (χ0v) is 14.6. The van der Waals surface area contributed by atoms with Crippen LogP contribution in [0.5, 0.6) is 0 Å². The van der Waals surface area contributed by atoms with Gasteiger partial charge < -0.3 is 9.80 Å². The number of hydrogen-bond donors (Lipinski definition) is 0. The van der Waals surface area contributed by atoms with E-state index in [9.17, 15) is 13.6 Å². The fraction of sp³-hybridized carbons (Fsp3) is 0.278. The predicted octanol–water partition coefficient (Wildman–Crippen LogP) is 3.62. The molecule has 2 aromatic carbocycles. The van der Waals surface area contributed by atoms with E-state index in [4.69, 9.17) is 0 Å². The van der Waals surface area contributed by atoms with Gasteiger partial charge in [-0.3, -0.25) is 4.79 Å². The number of piperazine rings is 1. The highest BCUT2D eigenvalue weighted by Gasteiger charge is 2.24. The van der Waals surface area contributed by atoms with Crippen LogP contribution in [0.4, 0.5) is 14.5 Å². The molecular weight excluding hydrogens is 378 g/mol. The van der Waals surface area contributed by atoms with Gasteiger partial charge in [0.2, 0.25) is 5.91 Å². The molecule has 1 aliphatic rings. The monoisotopic (exact) mass is 394 g/mol. The van der Waals surface area contributed by atoms with Crippen molar-refractivity contribution in [2.24, 2.45) is 0 Å². The molecule has 0 radical (unpaired) electrons. The lowest BCUT2D eigenvalue weighted by atomic mass is 10.1. The Labute approximate surface area is 148 Å². The van der Waals surface area contributed by atoms with Crippen LogP contribution in [0.15, 0.2) is 46.9 Å². The molecule has 24 heavy (non-hydrogen) atoms. The van der Waals surface area contributed by atoms with E-state index in [1.54, 1.807) is 9.80 Å². The first-order chi connectivity index (χ1) is 11.5. The topological polar surface area (TPSA) is 23.6 Å². The van der Waals surface area contributed by atoms with Gasteiger partial charge in [0.05, 0.1) is 6.42 Å². The van der Waals surface area contributed by atoms with E-state index in [1.807, 2.05) is 24.3 Å². The molecule has 0 atom stereocenters. The van der Waals surface area contributed by atoms with Crippen molar-refractivity contribution >= 4 is 27.5 Å². The smallest absolute Gasteiger partial charge is 0.227 e. The number of carbonyl (C=O) groups excluding carboxylic acids is 1. The fourth-order valence-electron chi connectivity index (χ4n) is 2.90. The highest BCUT2D eigenvalue weighted by atomic mass is 79.9. The lowest BCUT2D eigenvalue weighted by Gasteiger charge is -2.36. The molecule has 1 heterocycles. The number of anilines is 1. The van der Waals surface area contributed by atoms with Crippen LogP contribution in [0.3, 0.4) is 0 Å². The molecule has 1 fully saturated rings. The number of carbonyl (C=O) groups is 1. The van der Waals surface area contributed by atoms with Gasteiger partial charge >= 0.3 is 0 Å². The highest BCUT2D eigenvalue weighted by Crippen LogP contribution is 2.24. The van der Waals surface area contributed by atoms with E-state index in [0.29, 0.717) is 32.6 Å². The van der Waals surface area contributed by atoms with Crippen LogP contribution in [-0.4, -0.2) is 37.0 Å². The first kappa shape index (κ1) is 16.9. The van der Waals surface area contributed by atoms with Crippen LogP contribution in [0, 0.1) is 11.6 Å². The lowest BCUT2D eigenvalue weighted by molar-refractivity contribution is -0.130. The summed E-state index contributed by atoms with van der Waals surface area (Å²) in [6, 6.07) is 11.5. The molecular formula is C18H17BrF2N2O. The molecule has 126 valence electrons. The van der Waals surface area contributed by atoms with Crippen molar-refractivity contribution in [2.75, 3.05) is 31.1 Å². The summed E-state index contributed by atoms with van der Waals surface area (Å²) >= 11 is 3.39. The van der Waals surface area contributed by atoms with Crippen molar-refractivity contribution in [1.82, 2.24) is 4.90 Å². The minimum absolute atomic E-state index is 0.00316.